The van der Waals surface area contributed by atoms with Crippen LogP contribution in [0.3, 0.4) is 0 Å². The molecule has 0 fully saturated rings. The van der Waals surface area contributed by atoms with Crippen LogP contribution in [0.4, 0.5) is 17.1 Å². The fourth-order valence-electron chi connectivity index (χ4n) is 15.7. The Hall–Kier alpha value is -10.7. The molecule has 486 valence electrons. The van der Waals surface area contributed by atoms with Gasteiger partial charge in [-0.15, -0.1) is 11.3 Å². The van der Waals surface area contributed by atoms with Gasteiger partial charge in [0, 0.05) is 64.7 Å². The molecule has 0 unspecified atom stereocenters. The smallest absolute Gasteiger partial charge is 0.256 e. The zero-order valence-electron chi connectivity index (χ0n) is 63.6. The van der Waals surface area contributed by atoms with Crippen LogP contribution in [0, 0.1) is 0 Å². The SMILES string of the molecule is [2H]c1c([2H])c([2H])c(-c2ccc3c(c2)B2c4cc(-c5cc(-n6c7ccc(C(C)(C)C)cc7c7cc(C(C)(C)C)ccc76)cc(-n6c7ccccc7c7ccc8sc9ccccc9c8c76)n5)ccc4N(c4ccccc4-c4ccccc4)c4cc(-c5cc(C(C)(C)C)cc(C(C)(C)C)c5)cc(c42)O3)c([2H])c1[2H]. The highest BCUT2D eigenvalue weighted by molar-refractivity contribution is 7.26. The van der Waals surface area contributed by atoms with Gasteiger partial charge in [-0.05, 0) is 173 Å². The quantitative estimate of drug-likeness (QED) is 0.149. The van der Waals surface area contributed by atoms with Gasteiger partial charge >= 0.3 is 0 Å². The molecule has 0 saturated heterocycles. The van der Waals surface area contributed by atoms with E-state index in [1.54, 1.807) is 0 Å². The summed E-state index contributed by atoms with van der Waals surface area (Å²) in [5.74, 6) is 2.07. The number of ether oxygens (including phenoxy) is 1. The minimum absolute atomic E-state index is 0.106. The van der Waals surface area contributed by atoms with Crippen LogP contribution >= 0.6 is 11.3 Å². The van der Waals surface area contributed by atoms with Crippen LogP contribution in [0.25, 0.3) is 120 Å². The standard InChI is InChI=1S/C93H79BN4OS/c1-90(2,3)62-37-41-78-71(52-62)72-53-63(91(4,5)6)38-42-79(72)96(78)66-54-75(95-86(55-66)98-77-33-23-20-30-68(77)69-39-44-85-87(89(69)98)70-31-21-24-34-84(70)100-85)59-35-40-80-73(48-59)94-74-47-58(56-25-15-13-16-26-56)36-43-82(74)99-83-50-61(60-45-64(92(7,8)9)51-65(46-60)93(10,11)12)49-81(88(83)94)97(80)76-32-22-19-29-67(76)57-27-17-14-18-28-57/h13-55H,1-12H3/i13D,15D,16D,25D,26D. The number of thiophene rings is 1. The molecule has 0 spiro atoms. The van der Waals surface area contributed by atoms with Crippen molar-refractivity contribution in [2.45, 2.75) is 105 Å². The predicted octanol–water partition coefficient (Wildman–Crippen LogP) is 23.9. The number of pyridine rings is 1. The highest BCUT2D eigenvalue weighted by atomic mass is 32.1. The first-order chi connectivity index (χ1) is 50.2. The van der Waals surface area contributed by atoms with Gasteiger partial charge in [-0.1, -0.05) is 259 Å². The van der Waals surface area contributed by atoms with E-state index in [1.807, 2.05) is 29.5 Å². The summed E-state index contributed by atoms with van der Waals surface area (Å²) in [4.78, 5) is 8.48. The van der Waals surface area contributed by atoms with E-state index in [9.17, 15) is 2.74 Å². The molecule has 2 aliphatic rings. The Morgan fingerprint density at radius 1 is 0.390 bits per heavy atom. The molecule has 4 aromatic heterocycles. The van der Waals surface area contributed by atoms with E-state index >= 15 is 0 Å². The molecule has 12 aromatic carbocycles. The van der Waals surface area contributed by atoms with Crippen LogP contribution < -0.4 is 26.0 Å². The molecule has 0 atom stereocenters. The molecule has 6 heterocycles. The number of hydrogen-bond donors (Lipinski definition) is 0. The van der Waals surface area contributed by atoms with Gasteiger partial charge in [0.15, 0.2) is 0 Å². The summed E-state index contributed by atoms with van der Waals surface area (Å²) in [5.41, 5.74) is 21.8. The Morgan fingerprint density at radius 2 is 1.01 bits per heavy atom. The molecule has 0 amide bonds. The second-order valence-electron chi connectivity index (χ2n) is 31.6. The Kier molecular flexibility index (Phi) is 12.6. The van der Waals surface area contributed by atoms with Crippen molar-refractivity contribution in [1.29, 1.82) is 0 Å². The highest BCUT2D eigenvalue weighted by Crippen LogP contribution is 2.50. The molecule has 16 aromatic rings. The van der Waals surface area contributed by atoms with Crippen LogP contribution in [0.1, 0.15) is 112 Å². The normalized spacial score (nSPS) is 13.9. The lowest BCUT2D eigenvalue weighted by Gasteiger charge is -2.41. The third-order valence-corrected chi connectivity index (χ3v) is 22.2. The van der Waals surface area contributed by atoms with Crippen LogP contribution in [-0.4, -0.2) is 20.8 Å². The summed E-state index contributed by atoms with van der Waals surface area (Å²) in [6, 6.07) is 82.6. The van der Waals surface area contributed by atoms with Crippen LogP contribution in [0.5, 0.6) is 11.5 Å². The van der Waals surface area contributed by atoms with Gasteiger partial charge in [0.25, 0.3) is 6.71 Å². The van der Waals surface area contributed by atoms with Crippen LogP contribution in [0.15, 0.2) is 261 Å². The largest absolute Gasteiger partial charge is 0.458 e. The molecule has 100 heavy (non-hydrogen) atoms. The lowest BCUT2D eigenvalue weighted by atomic mass is 9.34. The summed E-state index contributed by atoms with van der Waals surface area (Å²) in [6.07, 6.45) is 0. The Balaban J connectivity index is 0.959. The van der Waals surface area contributed by atoms with E-state index in [-0.39, 0.29) is 51.4 Å². The van der Waals surface area contributed by atoms with E-state index in [2.05, 4.69) is 309 Å². The Morgan fingerprint density at radius 3 is 1.72 bits per heavy atom. The van der Waals surface area contributed by atoms with Gasteiger partial charge in [-0.25, -0.2) is 4.98 Å². The molecule has 0 saturated carbocycles. The average Bonchev–Trinajstić information content (AvgIpc) is 0.846. The third-order valence-electron chi connectivity index (χ3n) is 21.0. The second-order valence-corrected chi connectivity index (χ2v) is 32.7. The molecule has 18 rings (SSSR count). The number of rotatable bonds is 7. The summed E-state index contributed by atoms with van der Waals surface area (Å²) in [7, 11) is 0. The molecule has 5 nitrogen and oxygen atoms in total. The first-order valence-corrected chi connectivity index (χ1v) is 35.8. The predicted molar refractivity (Wildman–Crippen MR) is 428 cm³/mol. The van der Waals surface area contributed by atoms with Gasteiger partial charge < -0.3 is 14.2 Å². The number of aromatic nitrogens is 3. The third kappa shape index (κ3) is 9.97. The number of para-hydroxylation sites is 2. The van der Waals surface area contributed by atoms with Crippen molar-refractivity contribution in [3.8, 4) is 67.6 Å². The van der Waals surface area contributed by atoms with E-state index < -0.39 is 12.8 Å². The molecular weight excluding hydrogens is 1230 g/mol. The molecule has 7 heteroatoms. The monoisotopic (exact) mass is 1320 g/mol. The zero-order valence-corrected chi connectivity index (χ0v) is 59.4. The first-order valence-electron chi connectivity index (χ1n) is 37.4. The lowest BCUT2D eigenvalue weighted by Crippen LogP contribution is -2.59. The minimum Gasteiger partial charge on any atom is -0.458 e. The van der Waals surface area contributed by atoms with E-state index in [4.69, 9.17) is 13.8 Å². The zero-order chi connectivity index (χ0) is 72.8. The highest BCUT2D eigenvalue weighted by Gasteiger charge is 2.44. The van der Waals surface area contributed by atoms with Crippen molar-refractivity contribution >= 4 is 115 Å². The van der Waals surface area contributed by atoms with Crippen molar-refractivity contribution in [2.75, 3.05) is 4.90 Å². The van der Waals surface area contributed by atoms with Gasteiger partial charge in [-0.3, -0.25) is 4.57 Å². The Labute approximate surface area is 597 Å². The number of fused-ring (bicyclic) bond motifs is 14. The Bertz CT molecular complexity index is 6260. The average molecular weight is 1320 g/mol. The topological polar surface area (TPSA) is 35.2 Å². The van der Waals surface area contributed by atoms with Crippen molar-refractivity contribution < 1.29 is 11.6 Å². The lowest BCUT2D eigenvalue weighted by molar-refractivity contribution is 0.488. The number of benzene rings is 12. The van der Waals surface area contributed by atoms with Crippen LogP contribution in [-0.2, 0) is 21.7 Å². The summed E-state index contributed by atoms with van der Waals surface area (Å²) >= 11 is 1.82. The minimum atomic E-state index is -0.523. The van der Waals surface area contributed by atoms with Crippen molar-refractivity contribution in [2.24, 2.45) is 0 Å². The maximum Gasteiger partial charge on any atom is 0.256 e. The van der Waals surface area contributed by atoms with E-state index in [0.29, 0.717) is 17.1 Å². The molecule has 0 aliphatic carbocycles. The van der Waals surface area contributed by atoms with E-state index in [1.165, 1.54) is 53.2 Å². The number of hydrogen-bond acceptors (Lipinski definition) is 4. The summed E-state index contributed by atoms with van der Waals surface area (Å²) < 4.78 is 60.0. The van der Waals surface area contributed by atoms with E-state index in [0.717, 1.165) is 111 Å². The number of anilines is 3. The molecular formula is C93H79BN4OS. The van der Waals surface area contributed by atoms with Crippen LogP contribution in [0.2, 0.25) is 0 Å². The number of nitrogens with zero attached hydrogens (tertiary/aromatic N) is 4. The maximum absolute atomic E-state index is 9.37. The first kappa shape index (κ1) is 56.2. The van der Waals surface area contributed by atoms with Crippen molar-refractivity contribution in [3.63, 3.8) is 0 Å². The molecule has 0 bridgehead atoms. The fraction of sp³-hybridized carbons (Fsp3) is 0.172. The van der Waals surface area contributed by atoms with Gasteiger partial charge in [0.1, 0.15) is 17.3 Å². The summed E-state index contributed by atoms with van der Waals surface area (Å²) in [6.45, 7) is 26.9. The van der Waals surface area contributed by atoms with Crippen molar-refractivity contribution in [3.05, 3.63) is 283 Å². The van der Waals surface area contributed by atoms with Crippen molar-refractivity contribution in [1.82, 2.24) is 14.1 Å². The molecule has 2 aliphatic heterocycles. The molecule has 0 radical (unpaired) electrons. The van der Waals surface area contributed by atoms with Gasteiger partial charge in [0.2, 0.25) is 0 Å². The molecule has 0 N–H and O–H groups in total. The second kappa shape index (κ2) is 22.4. The fourth-order valence-corrected chi connectivity index (χ4v) is 16.8. The maximum atomic E-state index is 9.37. The van der Waals surface area contributed by atoms with Gasteiger partial charge in [0.05, 0.1) is 46.0 Å². The van der Waals surface area contributed by atoms with Gasteiger partial charge in [-0.2, -0.15) is 0 Å². The summed E-state index contributed by atoms with van der Waals surface area (Å²) in [5, 5.41) is 7.06.